The summed E-state index contributed by atoms with van der Waals surface area (Å²) >= 11 is 0. The van der Waals surface area contributed by atoms with Crippen LogP contribution in [0.3, 0.4) is 0 Å². The third-order valence-electron chi connectivity index (χ3n) is 6.54. The Labute approximate surface area is 243 Å². The molecule has 0 saturated heterocycles. The molecule has 0 atom stereocenters. The minimum Gasteiger partial charge on any atom is -0.507 e. The quantitative estimate of drug-likeness (QED) is 0.187. The molecule has 2 N–H and O–H groups in total. The summed E-state index contributed by atoms with van der Waals surface area (Å²) in [7, 11) is 0. The number of hydrogen-bond acceptors (Lipinski definition) is 12. The number of benzene rings is 2. The molecule has 1 aliphatic carbocycles. The van der Waals surface area contributed by atoms with E-state index in [2.05, 4.69) is 0 Å². The number of rotatable bonds is 14. The van der Waals surface area contributed by atoms with E-state index in [4.69, 9.17) is 28.4 Å². The van der Waals surface area contributed by atoms with E-state index in [-0.39, 0.29) is 60.6 Å². The molecule has 0 spiro atoms. The molecular weight excluding hydrogens is 552 g/mol. The number of ether oxygens (including phenoxy) is 6. The molecule has 0 radical (unpaired) electrons. The molecule has 42 heavy (non-hydrogen) atoms. The van der Waals surface area contributed by atoms with Crippen molar-refractivity contribution in [3.8, 4) is 23.0 Å². The zero-order chi connectivity index (χ0) is 30.5. The van der Waals surface area contributed by atoms with Crippen LogP contribution < -0.4 is 9.47 Å². The molecule has 2 aromatic carbocycles. The van der Waals surface area contributed by atoms with Crippen molar-refractivity contribution in [2.24, 2.45) is 11.8 Å². The maximum absolute atomic E-state index is 12.8. The molecule has 0 unspecified atom stereocenters. The topological polar surface area (TPSA) is 164 Å². The van der Waals surface area contributed by atoms with Crippen LogP contribution >= 0.6 is 0 Å². The summed E-state index contributed by atoms with van der Waals surface area (Å²) in [5, 5.41) is 20.1. The monoisotopic (exact) mass is 588 g/mol. The molecule has 1 fully saturated rings. The SMILES string of the molecule is CCOCCOC(=O)c1cc(OC(=O)C2CCC(C(=O)Oc3ccc(O)c(C(=O)OCCOCC)c3)CC2)ccc1O. The molecule has 12 heteroatoms. The zero-order valence-electron chi connectivity index (χ0n) is 23.7. The van der Waals surface area contributed by atoms with Gasteiger partial charge in [-0.1, -0.05) is 0 Å². The van der Waals surface area contributed by atoms with Gasteiger partial charge in [-0.2, -0.15) is 0 Å². The average molecular weight is 589 g/mol. The van der Waals surface area contributed by atoms with E-state index in [0.717, 1.165) is 0 Å². The fourth-order valence-corrected chi connectivity index (χ4v) is 4.28. The van der Waals surface area contributed by atoms with Gasteiger partial charge in [0, 0.05) is 13.2 Å². The lowest BCUT2D eigenvalue weighted by molar-refractivity contribution is -0.145. The normalized spacial score (nSPS) is 16.3. The Morgan fingerprint density at radius 1 is 0.643 bits per heavy atom. The Kier molecular flexibility index (Phi) is 12.6. The highest BCUT2D eigenvalue weighted by Gasteiger charge is 2.32. The third-order valence-corrected chi connectivity index (χ3v) is 6.54. The molecule has 228 valence electrons. The van der Waals surface area contributed by atoms with Crippen LogP contribution in [0.25, 0.3) is 0 Å². The molecule has 0 bridgehead atoms. The number of aromatic hydroxyl groups is 2. The summed E-state index contributed by atoms with van der Waals surface area (Å²) in [6, 6.07) is 7.69. The van der Waals surface area contributed by atoms with Crippen molar-refractivity contribution in [3.05, 3.63) is 47.5 Å². The van der Waals surface area contributed by atoms with Crippen molar-refractivity contribution < 1.29 is 57.8 Å². The summed E-state index contributed by atoms with van der Waals surface area (Å²) in [5.41, 5.74) is -0.279. The molecule has 1 saturated carbocycles. The van der Waals surface area contributed by atoms with Gasteiger partial charge in [-0.3, -0.25) is 9.59 Å². The van der Waals surface area contributed by atoms with Gasteiger partial charge >= 0.3 is 23.9 Å². The lowest BCUT2D eigenvalue weighted by atomic mass is 9.82. The number of carbonyl (C=O) groups is 4. The first-order chi connectivity index (χ1) is 20.2. The van der Waals surface area contributed by atoms with Gasteiger partial charge in [0.15, 0.2) is 0 Å². The van der Waals surface area contributed by atoms with Crippen molar-refractivity contribution in [3.63, 3.8) is 0 Å². The molecule has 0 aliphatic heterocycles. The van der Waals surface area contributed by atoms with Crippen LogP contribution in [0.4, 0.5) is 0 Å². The van der Waals surface area contributed by atoms with Crippen molar-refractivity contribution >= 4 is 23.9 Å². The van der Waals surface area contributed by atoms with Gasteiger partial charge in [0.2, 0.25) is 0 Å². The van der Waals surface area contributed by atoms with Crippen molar-refractivity contribution in [1.29, 1.82) is 0 Å². The van der Waals surface area contributed by atoms with Crippen LogP contribution in [-0.4, -0.2) is 73.7 Å². The molecule has 0 aromatic heterocycles. The summed E-state index contributed by atoms with van der Waals surface area (Å²) < 4.78 is 31.3. The highest BCUT2D eigenvalue weighted by molar-refractivity contribution is 5.93. The first-order valence-corrected chi connectivity index (χ1v) is 13.8. The zero-order valence-corrected chi connectivity index (χ0v) is 23.7. The highest BCUT2D eigenvalue weighted by Crippen LogP contribution is 2.33. The minimum atomic E-state index is -0.775. The predicted octanol–water partition coefficient (Wildman–Crippen LogP) is 3.80. The second kappa shape index (κ2) is 16.3. The van der Waals surface area contributed by atoms with Crippen LogP contribution in [-0.2, 0) is 28.5 Å². The number of hydrogen-bond donors (Lipinski definition) is 2. The highest BCUT2D eigenvalue weighted by atomic mass is 16.6. The number of carbonyl (C=O) groups excluding carboxylic acids is 4. The molecule has 12 nitrogen and oxygen atoms in total. The Morgan fingerprint density at radius 3 is 1.38 bits per heavy atom. The Balaban J connectivity index is 1.50. The van der Waals surface area contributed by atoms with Crippen LogP contribution in [0.15, 0.2) is 36.4 Å². The fraction of sp³-hybridized carbons (Fsp3) is 0.467. The molecular formula is C30H36O12. The third kappa shape index (κ3) is 9.45. The molecule has 0 heterocycles. The van der Waals surface area contributed by atoms with E-state index in [0.29, 0.717) is 38.9 Å². The van der Waals surface area contributed by atoms with Gasteiger partial charge in [0.05, 0.1) is 25.0 Å². The van der Waals surface area contributed by atoms with Gasteiger partial charge in [-0.15, -0.1) is 0 Å². The van der Waals surface area contributed by atoms with Crippen LogP contribution in [0.1, 0.15) is 60.2 Å². The van der Waals surface area contributed by atoms with Crippen LogP contribution in [0, 0.1) is 11.8 Å². The standard InChI is InChI=1S/C30H36O12/c1-3-37-13-15-39-29(35)23-17-21(9-11-25(23)31)41-27(33)19-5-7-20(8-6-19)28(34)42-22-10-12-26(32)24(18-22)30(36)40-16-14-38-4-2/h9-12,17-20,31-32H,3-8,13-16H2,1-2H3. The summed E-state index contributed by atoms with van der Waals surface area (Å²) in [4.78, 5) is 50.1. The van der Waals surface area contributed by atoms with E-state index in [1.165, 1.54) is 36.4 Å². The Morgan fingerprint density at radius 2 is 1.02 bits per heavy atom. The van der Waals surface area contributed by atoms with E-state index < -0.39 is 35.7 Å². The molecule has 2 aromatic rings. The van der Waals surface area contributed by atoms with Crippen molar-refractivity contribution in [2.75, 3.05) is 39.6 Å². The van der Waals surface area contributed by atoms with Crippen LogP contribution in [0.5, 0.6) is 23.0 Å². The van der Waals surface area contributed by atoms with Crippen LogP contribution in [0.2, 0.25) is 0 Å². The van der Waals surface area contributed by atoms with E-state index in [1.54, 1.807) is 0 Å². The van der Waals surface area contributed by atoms with E-state index >= 15 is 0 Å². The fourth-order valence-electron chi connectivity index (χ4n) is 4.28. The number of phenols is 2. The van der Waals surface area contributed by atoms with Gasteiger partial charge < -0.3 is 38.6 Å². The predicted molar refractivity (Wildman–Crippen MR) is 146 cm³/mol. The molecule has 1 aliphatic rings. The van der Waals surface area contributed by atoms with Gasteiger partial charge in [0.1, 0.15) is 47.3 Å². The second-order valence-corrected chi connectivity index (χ2v) is 9.41. The van der Waals surface area contributed by atoms with Gasteiger partial charge in [-0.25, -0.2) is 9.59 Å². The van der Waals surface area contributed by atoms with Crippen molar-refractivity contribution in [1.82, 2.24) is 0 Å². The lowest BCUT2D eigenvalue weighted by Gasteiger charge is -2.26. The first-order valence-electron chi connectivity index (χ1n) is 13.8. The molecule has 3 rings (SSSR count). The molecule has 0 amide bonds. The summed E-state index contributed by atoms with van der Waals surface area (Å²) in [5.74, 6) is -4.00. The largest absolute Gasteiger partial charge is 0.507 e. The van der Waals surface area contributed by atoms with Gasteiger partial charge in [0.25, 0.3) is 0 Å². The van der Waals surface area contributed by atoms with Crippen molar-refractivity contribution in [2.45, 2.75) is 39.5 Å². The van der Waals surface area contributed by atoms with E-state index in [1.807, 2.05) is 13.8 Å². The lowest BCUT2D eigenvalue weighted by Crippen LogP contribution is -2.30. The Bertz CT molecular complexity index is 1140. The second-order valence-electron chi connectivity index (χ2n) is 9.41. The summed E-state index contributed by atoms with van der Waals surface area (Å²) in [6.07, 6.45) is 1.48. The smallest absolute Gasteiger partial charge is 0.342 e. The number of esters is 4. The maximum Gasteiger partial charge on any atom is 0.342 e. The van der Waals surface area contributed by atoms with Gasteiger partial charge in [-0.05, 0) is 75.9 Å². The maximum atomic E-state index is 12.8. The average Bonchev–Trinajstić information content (AvgIpc) is 2.99. The first kappa shape index (κ1) is 32.4. The van der Waals surface area contributed by atoms with E-state index in [9.17, 15) is 29.4 Å². The minimum absolute atomic E-state index is 0.0111. The Hall–Kier alpha value is -4.16. The summed E-state index contributed by atoms with van der Waals surface area (Å²) in [6.45, 7) is 5.03. The number of phenolic OH excluding ortho intramolecular Hbond substituents is 2.